The highest BCUT2D eigenvalue weighted by Gasteiger charge is 2.20. The number of aryl methyl sites for hydroxylation is 3. The number of nitrogens with one attached hydrogen (secondary N) is 2. The Labute approximate surface area is 196 Å². The maximum absolute atomic E-state index is 12.8. The van der Waals surface area contributed by atoms with Crippen LogP contribution in [-0.2, 0) is 14.8 Å². The maximum atomic E-state index is 12.8. The van der Waals surface area contributed by atoms with Gasteiger partial charge < -0.3 is 10.1 Å². The fourth-order valence-electron chi connectivity index (χ4n) is 3.32. The summed E-state index contributed by atoms with van der Waals surface area (Å²) in [6, 6.07) is 17.4. The Balaban J connectivity index is 1.70. The Hall–Kier alpha value is -3.32. The van der Waals surface area contributed by atoms with Crippen molar-refractivity contribution in [2.45, 2.75) is 52.0 Å². The van der Waals surface area contributed by atoms with E-state index in [2.05, 4.69) is 10.0 Å². The summed E-state index contributed by atoms with van der Waals surface area (Å²) >= 11 is 0. The van der Waals surface area contributed by atoms with Crippen LogP contribution in [0.15, 0.2) is 65.6 Å². The van der Waals surface area contributed by atoms with Crippen molar-refractivity contribution in [3.63, 3.8) is 0 Å². The van der Waals surface area contributed by atoms with Gasteiger partial charge in [0.25, 0.3) is 15.9 Å². The molecule has 0 bridgehead atoms. The van der Waals surface area contributed by atoms with Crippen molar-refractivity contribution in [1.82, 2.24) is 0 Å². The number of anilines is 2. The van der Waals surface area contributed by atoms with Crippen LogP contribution in [0.5, 0.6) is 5.75 Å². The van der Waals surface area contributed by atoms with Crippen LogP contribution in [-0.4, -0.2) is 20.4 Å². The van der Waals surface area contributed by atoms with Crippen molar-refractivity contribution >= 4 is 27.3 Å². The fourth-order valence-corrected chi connectivity index (χ4v) is 4.44. The molecule has 0 aliphatic heterocycles. The van der Waals surface area contributed by atoms with Gasteiger partial charge in [-0.1, -0.05) is 31.2 Å². The molecule has 3 rings (SSSR count). The van der Waals surface area contributed by atoms with E-state index in [0.717, 1.165) is 22.3 Å². The predicted molar refractivity (Wildman–Crippen MR) is 132 cm³/mol. The highest BCUT2D eigenvalue weighted by molar-refractivity contribution is 7.92. The lowest BCUT2D eigenvalue weighted by Gasteiger charge is -2.19. The quantitative estimate of drug-likeness (QED) is 0.458. The fraction of sp³-hybridized carbons (Fsp3) is 0.269. The van der Waals surface area contributed by atoms with E-state index in [4.69, 9.17) is 4.74 Å². The molecule has 0 saturated heterocycles. The Morgan fingerprint density at radius 3 is 2.30 bits per heavy atom. The van der Waals surface area contributed by atoms with Gasteiger partial charge in [-0.15, -0.1) is 0 Å². The van der Waals surface area contributed by atoms with E-state index >= 15 is 0 Å². The third kappa shape index (κ3) is 5.93. The molecular weight excluding hydrogens is 436 g/mol. The number of hydrogen-bond acceptors (Lipinski definition) is 4. The third-order valence-electron chi connectivity index (χ3n) is 5.56. The molecule has 174 valence electrons. The lowest BCUT2D eigenvalue weighted by atomic mass is 10.1. The Morgan fingerprint density at radius 1 is 0.939 bits per heavy atom. The van der Waals surface area contributed by atoms with Crippen LogP contribution in [0.1, 0.15) is 35.6 Å². The van der Waals surface area contributed by atoms with Gasteiger partial charge >= 0.3 is 0 Å². The molecule has 0 aromatic heterocycles. The lowest BCUT2D eigenvalue weighted by Crippen LogP contribution is -2.32. The van der Waals surface area contributed by atoms with E-state index in [1.807, 2.05) is 65.0 Å². The first kappa shape index (κ1) is 24.3. The molecule has 1 atom stereocenters. The normalized spacial score (nSPS) is 12.2. The molecule has 6 nitrogen and oxygen atoms in total. The summed E-state index contributed by atoms with van der Waals surface area (Å²) in [6.07, 6.45) is -0.175. The van der Waals surface area contributed by atoms with Gasteiger partial charge in [-0.3, -0.25) is 9.52 Å². The van der Waals surface area contributed by atoms with E-state index in [-0.39, 0.29) is 10.8 Å². The minimum absolute atomic E-state index is 0.111. The zero-order valence-electron chi connectivity index (χ0n) is 19.6. The second kappa shape index (κ2) is 10.1. The molecule has 1 amide bonds. The highest BCUT2D eigenvalue weighted by atomic mass is 32.2. The van der Waals surface area contributed by atoms with Crippen LogP contribution < -0.4 is 14.8 Å². The first-order valence-electron chi connectivity index (χ1n) is 10.8. The smallest absolute Gasteiger partial charge is 0.265 e. The summed E-state index contributed by atoms with van der Waals surface area (Å²) in [6.45, 7) is 9.58. The second-order valence-corrected chi connectivity index (χ2v) is 9.83. The monoisotopic (exact) mass is 466 g/mol. The number of rotatable bonds is 8. The van der Waals surface area contributed by atoms with Crippen molar-refractivity contribution in [2.24, 2.45) is 0 Å². The van der Waals surface area contributed by atoms with Crippen LogP contribution in [0.4, 0.5) is 11.4 Å². The molecule has 0 spiro atoms. The van der Waals surface area contributed by atoms with E-state index in [0.29, 0.717) is 23.5 Å². The Kier molecular flexibility index (Phi) is 7.43. The van der Waals surface area contributed by atoms with Crippen LogP contribution in [0.25, 0.3) is 0 Å². The molecule has 0 fully saturated rings. The molecule has 3 aromatic rings. The van der Waals surface area contributed by atoms with Crippen molar-refractivity contribution in [2.75, 3.05) is 10.0 Å². The second-order valence-electron chi connectivity index (χ2n) is 8.15. The standard InChI is InChI=1S/C26H30N2O4S/c1-6-24(32-25-9-7-8-18(3)20(25)5)26(29)27-21-12-14-22(15-13-21)33(30,31)28-23-16-17(2)10-11-19(23)4/h7-16,24,28H,6H2,1-5H3,(H,27,29). The van der Waals surface area contributed by atoms with Gasteiger partial charge in [0.05, 0.1) is 10.6 Å². The van der Waals surface area contributed by atoms with Crippen LogP contribution in [0.2, 0.25) is 0 Å². The largest absolute Gasteiger partial charge is 0.480 e. The lowest BCUT2D eigenvalue weighted by molar-refractivity contribution is -0.122. The van der Waals surface area contributed by atoms with Gasteiger partial charge in [-0.05, 0) is 92.8 Å². The molecule has 1 unspecified atom stereocenters. The Morgan fingerprint density at radius 2 is 1.64 bits per heavy atom. The molecule has 0 aliphatic rings. The van der Waals surface area contributed by atoms with Crippen LogP contribution >= 0.6 is 0 Å². The number of amides is 1. The average Bonchev–Trinajstić information content (AvgIpc) is 2.77. The molecular formula is C26H30N2O4S. The van der Waals surface area contributed by atoms with Crippen molar-refractivity contribution in [1.29, 1.82) is 0 Å². The SMILES string of the molecule is CCC(Oc1cccc(C)c1C)C(=O)Nc1ccc(S(=O)(=O)Nc2cc(C)ccc2C)cc1. The summed E-state index contributed by atoms with van der Waals surface area (Å²) in [5.74, 6) is 0.387. The molecule has 3 aromatic carbocycles. The number of carbonyl (C=O) groups excluding carboxylic acids is 1. The van der Waals surface area contributed by atoms with Gasteiger partial charge in [0, 0.05) is 5.69 Å². The topological polar surface area (TPSA) is 84.5 Å². The van der Waals surface area contributed by atoms with Crippen LogP contribution in [0.3, 0.4) is 0 Å². The van der Waals surface area contributed by atoms with Crippen molar-refractivity contribution in [3.8, 4) is 5.75 Å². The van der Waals surface area contributed by atoms with Gasteiger partial charge in [0.15, 0.2) is 6.10 Å². The molecule has 33 heavy (non-hydrogen) atoms. The van der Waals surface area contributed by atoms with E-state index in [1.54, 1.807) is 18.2 Å². The number of benzene rings is 3. The molecule has 0 heterocycles. The Bertz CT molecular complexity index is 1250. The zero-order chi connectivity index (χ0) is 24.2. The van der Waals surface area contributed by atoms with Gasteiger partial charge in [-0.25, -0.2) is 8.42 Å². The molecule has 0 saturated carbocycles. The average molecular weight is 467 g/mol. The molecule has 0 radical (unpaired) electrons. The summed E-state index contributed by atoms with van der Waals surface area (Å²) < 4.78 is 34.2. The van der Waals surface area contributed by atoms with Gasteiger partial charge in [0.2, 0.25) is 0 Å². The van der Waals surface area contributed by atoms with E-state index < -0.39 is 16.1 Å². The highest BCUT2D eigenvalue weighted by Crippen LogP contribution is 2.24. The van der Waals surface area contributed by atoms with Gasteiger partial charge in [0.1, 0.15) is 5.75 Å². The number of carbonyl (C=O) groups is 1. The summed E-state index contributed by atoms with van der Waals surface area (Å²) in [5.41, 5.74) is 4.92. The predicted octanol–water partition coefficient (Wildman–Crippen LogP) is 5.52. The summed E-state index contributed by atoms with van der Waals surface area (Å²) in [5, 5.41) is 2.81. The summed E-state index contributed by atoms with van der Waals surface area (Å²) in [7, 11) is -3.76. The minimum atomic E-state index is -3.76. The summed E-state index contributed by atoms with van der Waals surface area (Å²) in [4.78, 5) is 12.9. The minimum Gasteiger partial charge on any atom is -0.480 e. The van der Waals surface area contributed by atoms with Crippen molar-refractivity contribution < 1.29 is 17.9 Å². The number of ether oxygens (including phenoxy) is 1. The number of hydrogen-bond donors (Lipinski definition) is 2. The van der Waals surface area contributed by atoms with E-state index in [1.165, 1.54) is 12.1 Å². The van der Waals surface area contributed by atoms with Crippen LogP contribution in [0, 0.1) is 27.7 Å². The first-order chi connectivity index (χ1) is 15.6. The third-order valence-corrected chi connectivity index (χ3v) is 6.94. The van der Waals surface area contributed by atoms with Crippen molar-refractivity contribution in [3.05, 3.63) is 82.9 Å². The zero-order valence-corrected chi connectivity index (χ0v) is 20.4. The molecule has 7 heteroatoms. The number of sulfonamides is 1. The molecule has 2 N–H and O–H groups in total. The maximum Gasteiger partial charge on any atom is 0.265 e. The van der Waals surface area contributed by atoms with Gasteiger partial charge in [-0.2, -0.15) is 0 Å². The first-order valence-corrected chi connectivity index (χ1v) is 12.3. The van der Waals surface area contributed by atoms with E-state index in [9.17, 15) is 13.2 Å². The molecule has 0 aliphatic carbocycles.